The van der Waals surface area contributed by atoms with Gasteiger partial charge in [-0.05, 0) is 30.9 Å². The lowest BCUT2D eigenvalue weighted by Gasteiger charge is -2.06. The van der Waals surface area contributed by atoms with Crippen LogP contribution in [0.25, 0.3) is 0 Å². The molecule has 0 spiro atoms. The Morgan fingerprint density at radius 1 is 1.60 bits per heavy atom. The summed E-state index contributed by atoms with van der Waals surface area (Å²) in [5.74, 6) is 0.676. The molecule has 0 bridgehead atoms. The van der Waals surface area contributed by atoms with Gasteiger partial charge in [-0.25, -0.2) is 0 Å². The molecule has 1 atom stereocenters. The number of aryl methyl sites for hydroxylation is 1. The Kier molecular flexibility index (Phi) is 2.15. The van der Waals surface area contributed by atoms with Gasteiger partial charge in [0.15, 0.2) is 0 Å². The summed E-state index contributed by atoms with van der Waals surface area (Å²) in [6, 6.07) is 2.13. The van der Waals surface area contributed by atoms with Gasteiger partial charge >= 0.3 is 0 Å². The van der Waals surface area contributed by atoms with Gasteiger partial charge in [0.2, 0.25) is 0 Å². The van der Waals surface area contributed by atoms with E-state index in [9.17, 15) is 0 Å². The highest BCUT2D eigenvalue weighted by molar-refractivity contribution is 5.21. The average molecular weight is 137 g/mol. The summed E-state index contributed by atoms with van der Waals surface area (Å²) >= 11 is 0. The average Bonchev–Trinajstić information content (AvgIpc) is 2.34. The standard InChI is InChI=1S/C9H15N/c1-4-7(2)9-8(3)5-6-10-9/h5-7,10H,4H2,1-3H3. The molecular weight excluding hydrogens is 122 g/mol. The lowest BCUT2D eigenvalue weighted by Crippen LogP contribution is -1.92. The van der Waals surface area contributed by atoms with Crippen molar-refractivity contribution in [2.75, 3.05) is 0 Å². The minimum atomic E-state index is 0.676. The van der Waals surface area contributed by atoms with Crippen LogP contribution in [-0.4, -0.2) is 4.98 Å². The third kappa shape index (κ3) is 1.23. The zero-order chi connectivity index (χ0) is 7.56. The molecule has 0 amide bonds. The van der Waals surface area contributed by atoms with Crippen molar-refractivity contribution in [2.45, 2.75) is 33.1 Å². The molecule has 1 aromatic rings. The van der Waals surface area contributed by atoms with Crippen molar-refractivity contribution in [1.29, 1.82) is 0 Å². The van der Waals surface area contributed by atoms with Crippen LogP contribution in [0, 0.1) is 6.92 Å². The van der Waals surface area contributed by atoms with Crippen molar-refractivity contribution in [2.24, 2.45) is 0 Å². The molecule has 56 valence electrons. The first-order valence-electron chi connectivity index (χ1n) is 3.89. The molecule has 0 aliphatic carbocycles. The second-order valence-corrected chi connectivity index (χ2v) is 2.88. The summed E-state index contributed by atoms with van der Waals surface area (Å²) in [5, 5.41) is 0. The van der Waals surface area contributed by atoms with Gasteiger partial charge in [0.25, 0.3) is 0 Å². The summed E-state index contributed by atoms with van der Waals surface area (Å²) in [5.41, 5.74) is 2.77. The molecule has 1 heterocycles. The highest BCUT2D eigenvalue weighted by Crippen LogP contribution is 2.19. The summed E-state index contributed by atoms with van der Waals surface area (Å²) < 4.78 is 0. The number of hydrogen-bond donors (Lipinski definition) is 1. The van der Waals surface area contributed by atoms with Gasteiger partial charge in [0.05, 0.1) is 0 Å². The summed E-state index contributed by atoms with van der Waals surface area (Å²) in [6.45, 7) is 6.61. The quantitative estimate of drug-likeness (QED) is 0.645. The van der Waals surface area contributed by atoms with E-state index in [4.69, 9.17) is 0 Å². The van der Waals surface area contributed by atoms with Crippen LogP contribution in [0.1, 0.15) is 37.4 Å². The van der Waals surface area contributed by atoms with Crippen molar-refractivity contribution < 1.29 is 0 Å². The fourth-order valence-corrected chi connectivity index (χ4v) is 1.20. The third-order valence-electron chi connectivity index (χ3n) is 2.10. The van der Waals surface area contributed by atoms with E-state index in [0.29, 0.717) is 5.92 Å². The van der Waals surface area contributed by atoms with Crippen molar-refractivity contribution in [3.63, 3.8) is 0 Å². The van der Waals surface area contributed by atoms with E-state index in [0.717, 1.165) is 0 Å². The highest BCUT2D eigenvalue weighted by Gasteiger charge is 2.05. The zero-order valence-corrected chi connectivity index (χ0v) is 6.94. The Bertz CT molecular complexity index is 200. The monoisotopic (exact) mass is 137 g/mol. The Labute approximate surface area is 62.5 Å². The van der Waals surface area contributed by atoms with Crippen molar-refractivity contribution in [3.05, 3.63) is 23.5 Å². The van der Waals surface area contributed by atoms with E-state index in [-0.39, 0.29) is 0 Å². The van der Waals surface area contributed by atoms with Crippen LogP contribution in [0.15, 0.2) is 12.3 Å². The molecule has 1 N–H and O–H groups in total. The van der Waals surface area contributed by atoms with Crippen LogP contribution in [0.4, 0.5) is 0 Å². The Hall–Kier alpha value is -0.720. The maximum atomic E-state index is 3.26. The molecular formula is C9H15N. The smallest absolute Gasteiger partial charge is 0.0205 e. The number of nitrogens with one attached hydrogen (secondary N) is 1. The highest BCUT2D eigenvalue weighted by atomic mass is 14.7. The molecule has 1 unspecified atom stereocenters. The van der Waals surface area contributed by atoms with Gasteiger partial charge < -0.3 is 4.98 Å². The van der Waals surface area contributed by atoms with E-state index in [1.165, 1.54) is 17.7 Å². The zero-order valence-electron chi connectivity index (χ0n) is 6.94. The topological polar surface area (TPSA) is 15.8 Å². The third-order valence-corrected chi connectivity index (χ3v) is 2.10. The molecule has 0 aromatic carbocycles. The van der Waals surface area contributed by atoms with Crippen LogP contribution in [0.5, 0.6) is 0 Å². The summed E-state index contributed by atoms with van der Waals surface area (Å²) in [4.78, 5) is 3.26. The van der Waals surface area contributed by atoms with Gasteiger partial charge in [-0.15, -0.1) is 0 Å². The summed E-state index contributed by atoms with van der Waals surface area (Å²) in [6.07, 6.45) is 3.22. The predicted molar refractivity (Wildman–Crippen MR) is 44.2 cm³/mol. The van der Waals surface area contributed by atoms with E-state index >= 15 is 0 Å². The number of hydrogen-bond acceptors (Lipinski definition) is 0. The second-order valence-electron chi connectivity index (χ2n) is 2.88. The molecule has 0 radical (unpaired) electrons. The number of aromatic amines is 1. The number of aromatic nitrogens is 1. The van der Waals surface area contributed by atoms with E-state index in [1.807, 2.05) is 6.20 Å². The maximum Gasteiger partial charge on any atom is 0.0205 e. The van der Waals surface area contributed by atoms with E-state index < -0.39 is 0 Å². The maximum absolute atomic E-state index is 3.26. The lowest BCUT2D eigenvalue weighted by atomic mass is 10.0. The molecule has 0 aliphatic heterocycles. The fraction of sp³-hybridized carbons (Fsp3) is 0.556. The first kappa shape index (κ1) is 7.39. The number of H-pyrrole nitrogens is 1. The molecule has 1 heteroatoms. The molecule has 0 fully saturated rings. The molecule has 1 nitrogen and oxygen atoms in total. The van der Waals surface area contributed by atoms with Crippen LogP contribution < -0.4 is 0 Å². The van der Waals surface area contributed by atoms with Crippen molar-refractivity contribution in [1.82, 2.24) is 4.98 Å². The van der Waals surface area contributed by atoms with Crippen molar-refractivity contribution >= 4 is 0 Å². The summed E-state index contributed by atoms with van der Waals surface area (Å²) in [7, 11) is 0. The normalized spacial score (nSPS) is 13.5. The van der Waals surface area contributed by atoms with Gasteiger partial charge in [-0.3, -0.25) is 0 Å². The van der Waals surface area contributed by atoms with E-state index in [1.54, 1.807) is 0 Å². The second kappa shape index (κ2) is 2.91. The van der Waals surface area contributed by atoms with Gasteiger partial charge in [0, 0.05) is 11.9 Å². The first-order chi connectivity index (χ1) is 4.75. The van der Waals surface area contributed by atoms with Gasteiger partial charge in [0.1, 0.15) is 0 Å². The van der Waals surface area contributed by atoms with Gasteiger partial charge in [-0.2, -0.15) is 0 Å². The minimum Gasteiger partial charge on any atom is -0.365 e. The largest absolute Gasteiger partial charge is 0.365 e. The van der Waals surface area contributed by atoms with E-state index in [2.05, 4.69) is 31.8 Å². The van der Waals surface area contributed by atoms with Crippen LogP contribution in [0.3, 0.4) is 0 Å². The lowest BCUT2D eigenvalue weighted by molar-refractivity contribution is 0.708. The fourth-order valence-electron chi connectivity index (χ4n) is 1.20. The predicted octanol–water partition coefficient (Wildman–Crippen LogP) is 2.84. The van der Waals surface area contributed by atoms with Crippen LogP contribution >= 0.6 is 0 Å². The molecule has 0 saturated carbocycles. The molecule has 10 heavy (non-hydrogen) atoms. The Morgan fingerprint density at radius 3 is 2.70 bits per heavy atom. The van der Waals surface area contributed by atoms with Crippen LogP contribution in [-0.2, 0) is 0 Å². The molecule has 1 rings (SSSR count). The molecule has 1 aromatic heterocycles. The first-order valence-corrected chi connectivity index (χ1v) is 3.89. The molecule has 0 aliphatic rings. The van der Waals surface area contributed by atoms with Gasteiger partial charge in [-0.1, -0.05) is 13.8 Å². The SMILES string of the molecule is CCC(C)c1[nH]ccc1C. The van der Waals surface area contributed by atoms with Crippen LogP contribution in [0.2, 0.25) is 0 Å². The Morgan fingerprint density at radius 2 is 2.30 bits per heavy atom. The molecule has 0 saturated heterocycles. The van der Waals surface area contributed by atoms with Crippen molar-refractivity contribution in [3.8, 4) is 0 Å². The minimum absolute atomic E-state index is 0.676. The number of rotatable bonds is 2. The Balaban J connectivity index is 2.82.